The summed E-state index contributed by atoms with van der Waals surface area (Å²) in [6.45, 7) is 16.0. The molecule has 4 N–H and O–H groups in total. The Kier molecular flexibility index (Phi) is 12.8. The second-order valence-corrected chi connectivity index (χ2v) is 17.8. The topological polar surface area (TPSA) is 175 Å². The van der Waals surface area contributed by atoms with Gasteiger partial charge in [-0.2, -0.15) is 0 Å². The van der Waals surface area contributed by atoms with Crippen molar-refractivity contribution in [2.45, 2.75) is 104 Å². The SMILES string of the molecule is COC(=O)N[C@H](C(=O)N1[C@H](C)[C@H](C)C[C@H]1c1ncc(-c2ccc(-c3cccc4c(-c5cnc([C@@H]6C[C@@H](C)[C@@H](C)N6C(=O)[C@@H](NC(=O)OC)C(C)C)[nH]5)cccc34)cc2)[nH]1)C(C)C. The van der Waals surface area contributed by atoms with Gasteiger partial charge in [-0.3, -0.25) is 9.59 Å². The molecule has 2 fully saturated rings. The summed E-state index contributed by atoms with van der Waals surface area (Å²) in [6, 6.07) is 18.9. The number of aromatic nitrogens is 4. The van der Waals surface area contributed by atoms with E-state index in [0.29, 0.717) is 11.6 Å². The van der Waals surface area contributed by atoms with Gasteiger partial charge in [0.05, 0.1) is 50.1 Å². The summed E-state index contributed by atoms with van der Waals surface area (Å²) in [5.41, 5.74) is 5.80. The zero-order valence-electron chi connectivity index (χ0n) is 37.4. The Hall–Kier alpha value is -6.18. The molecule has 2 aliphatic heterocycles. The van der Waals surface area contributed by atoms with Gasteiger partial charge in [-0.15, -0.1) is 0 Å². The number of imidazole rings is 2. The lowest BCUT2D eigenvalue weighted by Crippen LogP contribution is -2.53. The van der Waals surface area contributed by atoms with Gasteiger partial charge in [-0.25, -0.2) is 19.6 Å². The van der Waals surface area contributed by atoms with E-state index in [1.54, 1.807) is 0 Å². The van der Waals surface area contributed by atoms with Crippen molar-refractivity contribution >= 4 is 34.8 Å². The number of rotatable bonds is 11. The number of nitrogens with one attached hydrogen (secondary N) is 4. The first-order chi connectivity index (χ1) is 29.6. The number of fused-ring (bicyclic) bond motifs is 1. The minimum Gasteiger partial charge on any atom is -0.453 e. The molecule has 14 nitrogen and oxygen atoms in total. The monoisotopic (exact) mass is 844 g/mol. The summed E-state index contributed by atoms with van der Waals surface area (Å²) in [5.74, 6) is 1.31. The maximum atomic E-state index is 14.1. The number of aromatic amines is 2. The molecular weight excluding hydrogens is 785 g/mol. The van der Waals surface area contributed by atoms with Crippen molar-refractivity contribution in [1.29, 1.82) is 0 Å². The van der Waals surface area contributed by atoms with E-state index in [0.717, 1.165) is 57.3 Å². The lowest BCUT2D eigenvalue weighted by Gasteiger charge is -2.33. The van der Waals surface area contributed by atoms with Gasteiger partial charge in [-0.1, -0.05) is 102 Å². The smallest absolute Gasteiger partial charge is 0.407 e. The highest BCUT2D eigenvalue weighted by atomic mass is 16.5. The lowest BCUT2D eigenvalue weighted by molar-refractivity contribution is -0.138. The third-order valence-electron chi connectivity index (χ3n) is 13.2. The molecule has 0 spiro atoms. The molecule has 2 aliphatic rings. The number of carbonyl (C=O) groups excluding carboxylic acids is 4. The highest BCUT2D eigenvalue weighted by Crippen LogP contribution is 2.42. The number of ether oxygens (including phenoxy) is 2. The molecule has 4 heterocycles. The lowest BCUT2D eigenvalue weighted by atomic mass is 9.94. The fourth-order valence-electron chi connectivity index (χ4n) is 9.28. The van der Waals surface area contributed by atoms with Gasteiger partial charge in [0.15, 0.2) is 0 Å². The third-order valence-corrected chi connectivity index (χ3v) is 13.2. The minimum atomic E-state index is -0.732. The van der Waals surface area contributed by atoms with Gasteiger partial charge in [0.1, 0.15) is 23.7 Å². The molecular formula is C48H60N8O6. The quantitative estimate of drug-likeness (QED) is 0.102. The molecule has 4 amide bonds. The fourth-order valence-corrected chi connectivity index (χ4v) is 9.28. The fraction of sp³-hybridized carbons (Fsp3) is 0.458. The Morgan fingerprint density at radius 3 is 1.50 bits per heavy atom. The van der Waals surface area contributed by atoms with Crippen molar-refractivity contribution in [2.75, 3.05) is 14.2 Å². The van der Waals surface area contributed by atoms with Crippen LogP contribution in [0, 0.1) is 23.7 Å². The number of alkyl carbamates (subject to hydrolysis) is 2. The van der Waals surface area contributed by atoms with Crippen molar-refractivity contribution in [2.24, 2.45) is 23.7 Å². The van der Waals surface area contributed by atoms with Gasteiger partial charge in [-0.05, 0) is 77.8 Å². The van der Waals surface area contributed by atoms with Crippen LogP contribution in [-0.4, -0.2) is 92.1 Å². The van der Waals surface area contributed by atoms with E-state index in [1.165, 1.54) is 14.2 Å². The largest absolute Gasteiger partial charge is 0.453 e. The average Bonchev–Trinajstić information content (AvgIpc) is 4.07. The predicted octanol–water partition coefficient (Wildman–Crippen LogP) is 8.64. The number of benzene rings is 3. The summed E-state index contributed by atoms with van der Waals surface area (Å²) in [7, 11) is 2.59. The van der Waals surface area contributed by atoms with Crippen LogP contribution in [0.4, 0.5) is 9.59 Å². The van der Waals surface area contributed by atoms with Gasteiger partial charge in [0.2, 0.25) is 11.8 Å². The molecule has 0 saturated carbocycles. The molecule has 14 heteroatoms. The number of H-pyrrole nitrogens is 2. The summed E-state index contributed by atoms with van der Waals surface area (Å²) < 4.78 is 9.66. The number of nitrogens with zero attached hydrogens (tertiary/aromatic N) is 4. The van der Waals surface area contributed by atoms with Crippen molar-refractivity contribution in [3.63, 3.8) is 0 Å². The van der Waals surface area contributed by atoms with E-state index < -0.39 is 24.3 Å². The van der Waals surface area contributed by atoms with Crippen LogP contribution < -0.4 is 10.6 Å². The van der Waals surface area contributed by atoms with E-state index in [-0.39, 0.29) is 59.7 Å². The van der Waals surface area contributed by atoms with E-state index in [1.807, 2.05) is 49.9 Å². The van der Waals surface area contributed by atoms with E-state index in [4.69, 9.17) is 19.4 Å². The van der Waals surface area contributed by atoms with Crippen LogP contribution >= 0.6 is 0 Å². The first-order valence-corrected chi connectivity index (χ1v) is 21.7. The predicted molar refractivity (Wildman–Crippen MR) is 239 cm³/mol. The summed E-state index contributed by atoms with van der Waals surface area (Å²) in [6.07, 6.45) is 3.89. The van der Waals surface area contributed by atoms with E-state index in [9.17, 15) is 19.2 Å². The first kappa shape index (κ1) is 43.9. The molecule has 2 saturated heterocycles. The van der Waals surface area contributed by atoms with Gasteiger partial charge >= 0.3 is 12.2 Å². The van der Waals surface area contributed by atoms with Gasteiger partial charge in [0, 0.05) is 17.6 Å². The first-order valence-electron chi connectivity index (χ1n) is 21.7. The standard InChI is InChI=1S/C48H60N8O6/c1-25(2)41(53-47(59)61-9)45(57)55-29(7)27(5)21-39(55)43-49-23-37(51-43)32-19-17-31(18-20-32)33-13-11-15-35-34(33)14-12-16-36(35)38-24-50-44(52-38)40-22-28(6)30(8)56(40)46(58)42(26(3)4)54-48(60)62-10/h11-20,23-30,39-42H,21-22H2,1-10H3,(H,49,51)(H,50,52)(H,53,59)(H,54,60)/t27-,28-,29-,30-,39+,40+,41+,42+/m1/s1. The van der Waals surface area contributed by atoms with Crippen LogP contribution in [-0.2, 0) is 19.1 Å². The Bertz CT molecular complexity index is 2420. The number of methoxy groups -OCH3 is 2. The molecule has 2 aromatic heterocycles. The van der Waals surface area contributed by atoms with Crippen molar-refractivity contribution in [3.8, 4) is 33.6 Å². The van der Waals surface area contributed by atoms with E-state index in [2.05, 4.69) is 109 Å². The minimum absolute atomic E-state index is 0.0422. The van der Waals surface area contributed by atoms with Gasteiger partial charge < -0.3 is 39.9 Å². The zero-order chi connectivity index (χ0) is 44.6. The van der Waals surface area contributed by atoms with Crippen LogP contribution in [0.1, 0.15) is 92.0 Å². The van der Waals surface area contributed by atoms with Gasteiger partial charge in [0.25, 0.3) is 0 Å². The molecule has 62 heavy (non-hydrogen) atoms. The Morgan fingerprint density at radius 1 is 0.613 bits per heavy atom. The molecule has 7 rings (SSSR count). The normalized spacial score (nSPS) is 22.3. The zero-order valence-corrected chi connectivity index (χ0v) is 37.4. The number of likely N-dealkylation sites (tertiary alicyclic amines) is 2. The number of hydrogen-bond acceptors (Lipinski definition) is 8. The molecule has 0 bridgehead atoms. The van der Waals surface area contributed by atoms with Crippen LogP contribution in [0.15, 0.2) is 73.1 Å². The van der Waals surface area contributed by atoms with Crippen molar-refractivity contribution in [1.82, 2.24) is 40.4 Å². The third kappa shape index (κ3) is 8.38. The van der Waals surface area contributed by atoms with Crippen LogP contribution in [0.25, 0.3) is 44.4 Å². The second-order valence-electron chi connectivity index (χ2n) is 17.8. The Balaban J connectivity index is 1.12. The molecule has 3 aromatic carbocycles. The highest BCUT2D eigenvalue weighted by molar-refractivity contribution is 6.04. The number of hydrogen-bond donors (Lipinski definition) is 4. The highest BCUT2D eigenvalue weighted by Gasteiger charge is 2.46. The molecule has 8 atom stereocenters. The number of carbonyl (C=O) groups is 4. The second kappa shape index (κ2) is 18.0. The molecule has 328 valence electrons. The van der Waals surface area contributed by atoms with Crippen LogP contribution in [0.5, 0.6) is 0 Å². The molecule has 0 aliphatic carbocycles. The summed E-state index contributed by atoms with van der Waals surface area (Å²) in [4.78, 5) is 72.9. The summed E-state index contributed by atoms with van der Waals surface area (Å²) in [5, 5.41) is 7.64. The Morgan fingerprint density at radius 2 is 1.03 bits per heavy atom. The maximum absolute atomic E-state index is 14.1. The van der Waals surface area contributed by atoms with Crippen LogP contribution in [0.3, 0.4) is 0 Å². The number of amides is 4. The maximum Gasteiger partial charge on any atom is 0.407 e. The van der Waals surface area contributed by atoms with Crippen molar-refractivity contribution < 1.29 is 28.7 Å². The molecule has 0 unspecified atom stereocenters. The summed E-state index contributed by atoms with van der Waals surface area (Å²) >= 11 is 0. The van der Waals surface area contributed by atoms with Crippen molar-refractivity contribution in [3.05, 3.63) is 84.7 Å². The van der Waals surface area contributed by atoms with E-state index >= 15 is 0 Å². The Labute approximate surface area is 363 Å². The molecule has 0 radical (unpaired) electrons. The van der Waals surface area contributed by atoms with Crippen LogP contribution in [0.2, 0.25) is 0 Å². The molecule has 5 aromatic rings. The average molecular weight is 845 g/mol.